The highest BCUT2D eigenvalue weighted by Crippen LogP contribution is 2.40. The van der Waals surface area contributed by atoms with Crippen molar-refractivity contribution in [2.24, 2.45) is 0 Å². The molecule has 43 heavy (non-hydrogen) atoms. The Bertz CT molecular complexity index is 1350. The third-order valence-electron chi connectivity index (χ3n) is 8.67. The SMILES string of the molecule is O=S(=O)(CCCC1CCCN1CCCCCCC1=C(c2cc(F)cc(F)c2)CCCc2cc(O)ccc21)CCC(F)(F)F. The number of alkyl halides is 3. The molecule has 1 fully saturated rings. The number of allylic oxidation sites excluding steroid dienone is 2. The van der Waals surface area contributed by atoms with Gasteiger partial charge < -0.3 is 10.0 Å². The topological polar surface area (TPSA) is 57.6 Å². The first-order chi connectivity index (χ1) is 20.4. The van der Waals surface area contributed by atoms with Crippen LogP contribution in [0.25, 0.3) is 11.1 Å². The van der Waals surface area contributed by atoms with Crippen molar-refractivity contribution in [1.82, 2.24) is 4.90 Å². The minimum atomic E-state index is -4.46. The fourth-order valence-corrected chi connectivity index (χ4v) is 7.93. The molecule has 2 aromatic rings. The van der Waals surface area contributed by atoms with Gasteiger partial charge in [0.15, 0.2) is 9.84 Å². The number of hydrogen-bond donors (Lipinski definition) is 1. The molecule has 0 aromatic heterocycles. The number of unbranched alkanes of at least 4 members (excludes halogenated alkanes) is 3. The first-order valence-corrected chi connectivity index (χ1v) is 17.2. The summed E-state index contributed by atoms with van der Waals surface area (Å²) in [6.07, 6.45) is 4.30. The molecule has 1 atom stereocenters. The summed E-state index contributed by atoms with van der Waals surface area (Å²) in [7, 11) is -3.70. The van der Waals surface area contributed by atoms with E-state index in [1.54, 1.807) is 12.1 Å². The third-order valence-corrected chi connectivity index (χ3v) is 10.4. The van der Waals surface area contributed by atoms with Crippen molar-refractivity contribution in [3.05, 3.63) is 64.7 Å². The van der Waals surface area contributed by atoms with Crippen LogP contribution in [0, 0.1) is 11.6 Å². The number of aryl methyl sites for hydroxylation is 1. The highest BCUT2D eigenvalue weighted by Gasteiger charge is 2.30. The lowest BCUT2D eigenvalue weighted by molar-refractivity contribution is -0.129. The Morgan fingerprint density at radius 1 is 0.884 bits per heavy atom. The Labute approximate surface area is 251 Å². The summed E-state index contributed by atoms with van der Waals surface area (Å²) in [6, 6.07) is 9.32. The van der Waals surface area contributed by atoms with Gasteiger partial charge >= 0.3 is 6.18 Å². The molecule has 0 spiro atoms. The second-order valence-corrected chi connectivity index (χ2v) is 14.3. The summed E-state index contributed by atoms with van der Waals surface area (Å²) < 4.78 is 89.4. The van der Waals surface area contributed by atoms with E-state index >= 15 is 0 Å². The fourth-order valence-electron chi connectivity index (χ4n) is 6.58. The molecule has 0 saturated carbocycles. The molecular formula is C33H42F5NO3S. The second-order valence-electron chi connectivity index (χ2n) is 12.0. The molecule has 2 aliphatic rings. The van der Waals surface area contributed by atoms with Crippen LogP contribution in [0.5, 0.6) is 5.75 Å². The second kappa shape index (κ2) is 15.0. The van der Waals surface area contributed by atoms with Crippen LogP contribution in [0.1, 0.15) is 93.7 Å². The van der Waals surface area contributed by atoms with Crippen LogP contribution in [0.4, 0.5) is 22.0 Å². The lowest BCUT2D eigenvalue weighted by Gasteiger charge is -2.24. The summed E-state index contributed by atoms with van der Waals surface area (Å²) in [5.41, 5.74) is 4.71. The largest absolute Gasteiger partial charge is 0.508 e. The fraction of sp³-hybridized carbons (Fsp3) is 0.576. The van der Waals surface area contributed by atoms with Crippen molar-refractivity contribution >= 4 is 21.0 Å². The summed E-state index contributed by atoms with van der Waals surface area (Å²) in [5.74, 6) is -2.02. The summed E-state index contributed by atoms with van der Waals surface area (Å²) in [4.78, 5) is 2.38. The summed E-state index contributed by atoms with van der Waals surface area (Å²) in [5, 5.41) is 10.1. The number of rotatable bonds is 14. The van der Waals surface area contributed by atoms with Gasteiger partial charge in [-0.15, -0.1) is 0 Å². The minimum Gasteiger partial charge on any atom is -0.508 e. The normalized spacial score (nSPS) is 18.2. The Hall–Kier alpha value is -2.46. The van der Waals surface area contributed by atoms with Gasteiger partial charge in [0.05, 0.1) is 17.9 Å². The Kier molecular flexibility index (Phi) is 11.7. The lowest BCUT2D eigenvalue weighted by Crippen LogP contribution is -2.31. The highest BCUT2D eigenvalue weighted by molar-refractivity contribution is 7.91. The number of fused-ring (bicyclic) bond motifs is 1. The average Bonchev–Trinajstić information content (AvgIpc) is 3.28. The van der Waals surface area contributed by atoms with Gasteiger partial charge in [0, 0.05) is 12.1 Å². The average molecular weight is 628 g/mol. The van der Waals surface area contributed by atoms with Gasteiger partial charge in [-0.25, -0.2) is 17.2 Å². The van der Waals surface area contributed by atoms with E-state index in [-0.39, 0.29) is 17.5 Å². The minimum absolute atomic E-state index is 0.198. The number of aromatic hydroxyl groups is 1. The van der Waals surface area contributed by atoms with E-state index in [1.165, 1.54) is 12.1 Å². The monoisotopic (exact) mass is 627 g/mol. The Morgan fingerprint density at radius 2 is 1.63 bits per heavy atom. The number of phenols is 1. The first kappa shape index (κ1) is 33.4. The van der Waals surface area contributed by atoms with Crippen molar-refractivity contribution < 1.29 is 35.5 Å². The molecule has 10 heteroatoms. The first-order valence-electron chi connectivity index (χ1n) is 15.4. The predicted molar refractivity (Wildman–Crippen MR) is 160 cm³/mol. The molecule has 0 bridgehead atoms. The number of phenolic OH excluding ortho intramolecular Hbond substituents is 1. The van der Waals surface area contributed by atoms with E-state index in [9.17, 15) is 35.5 Å². The Morgan fingerprint density at radius 3 is 2.37 bits per heavy atom. The maximum Gasteiger partial charge on any atom is 0.390 e. The predicted octanol–water partition coefficient (Wildman–Crippen LogP) is 8.48. The molecule has 1 aliphatic carbocycles. The molecule has 1 saturated heterocycles. The van der Waals surface area contributed by atoms with Crippen molar-refractivity contribution in [2.75, 3.05) is 24.6 Å². The molecule has 0 radical (unpaired) electrons. The van der Waals surface area contributed by atoms with E-state index in [1.807, 2.05) is 6.07 Å². The summed E-state index contributed by atoms with van der Waals surface area (Å²) in [6.45, 7) is 1.86. The van der Waals surface area contributed by atoms with Crippen molar-refractivity contribution in [2.45, 2.75) is 95.7 Å². The molecule has 4 rings (SSSR count). The molecular weight excluding hydrogens is 585 g/mol. The molecule has 1 unspecified atom stereocenters. The standard InChI is InChI=1S/C33H42F5NO3S/c34-26-20-25(21-27(35)23-26)30-12-5-8-24-22-29(40)13-14-31(24)32(30)11-3-1-2-4-16-39-17-6-9-28(39)10-7-18-43(41,42)19-15-33(36,37)38/h13-14,20-23,28,40H,1-12,15-19H2. The molecule has 1 heterocycles. The lowest BCUT2D eigenvalue weighted by atomic mass is 9.89. The zero-order valence-electron chi connectivity index (χ0n) is 24.6. The molecule has 0 amide bonds. The number of nitrogens with zero attached hydrogens (tertiary/aromatic N) is 1. The van der Waals surface area contributed by atoms with E-state index in [0.29, 0.717) is 24.8 Å². The van der Waals surface area contributed by atoms with Gasteiger partial charge in [-0.2, -0.15) is 13.2 Å². The third kappa shape index (κ3) is 10.3. The van der Waals surface area contributed by atoms with Gasteiger partial charge in [0.25, 0.3) is 0 Å². The van der Waals surface area contributed by atoms with Crippen LogP contribution < -0.4 is 0 Å². The molecule has 238 valence electrons. The zero-order valence-corrected chi connectivity index (χ0v) is 25.4. The van der Waals surface area contributed by atoms with E-state index < -0.39 is 39.8 Å². The van der Waals surface area contributed by atoms with E-state index in [4.69, 9.17) is 0 Å². The van der Waals surface area contributed by atoms with Gasteiger partial charge in [-0.1, -0.05) is 18.9 Å². The zero-order chi connectivity index (χ0) is 31.0. The van der Waals surface area contributed by atoms with Gasteiger partial charge in [-0.3, -0.25) is 0 Å². The van der Waals surface area contributed by atoms with Gasteiger partial charge in [0.2, 0.25) is 0 Å². The summed E-state index contributed by atoms with van der Waals surface area (Å²) >= 11 is 0. The van der Waals surface area contributed by atoms with Crippen LogP contribution in [0.15, 0.2) is 36.4 Å². The number of halogens is 5. The van der Waals surface area contributed by atoms with Crippen LogP contribution in [-0.4, -0.2) is 55.2 Å². The number of hydrogen-bond acceptors (Lipinski definition) is 4. The van der Waals surface area contributed by atoms with Crippen molar-refractivity contribution in [1.29, 1.82) is 0 Å². The van der Waals surface area contributed by atoms with Crippen LogP contribution in [0.2, 0.25) is 0 Å². The van der Waals surface area contributed by atoms with Crippen molar-refractivity contribution in [3.63, 3.8) is 0 Å². The Balaban J connectivity index is 1.28. The molecule has 4 nitrogen and oxygen atoms in total. The molecule has 1 N–H and O–H groups in total. The van der Waals surface area contributed by atoms with Gasteiger partial charge in [0.1, 0.15) is 17.4 Å². The maximum atomic E-state index is 14.1. The van der Waals surface area contributed by atoms with Crippen LogP contribution in [-0.2, 0) is 16.3 Å². The van der Waals surface area contributed by atoms with Crippen LogP contribution in [0.3, 0.4) is 0 Å². The van der Waals surface area contributed by atoms with Crippen LogP contribution >= 0.6 is 0 Å². The highest BCUT2D eigenvalue weighted by atomic mass is 32.2. The molecule has 1 aliphatic heterocycles. The van der Waals surface area contributed by atoms with E-state index in [2.05, 4.69) is 4.90 Å². The smallest absolute Gasteiger partial charge is 0.390 e. The molecule has 2 aromatic carbocycles. The van der Waals surface area contributed by atoms with E-state index in [0.717, 1.165) is 99.2 Å². The number of sulfone groups is 1. The number of benzene rings is 2. The van der Waals surface area contributed by atoms with Crippen molar-refractivity contribution in [3.8, 4) is 5.75 Å². The number of likely N-dealkylation sites (tertiary alicyclic amines) is 1. The quantitative estimate of drug-likeness (QED) is 0.169. The maximum absolute atomic E-state index is 14.1. The van der Waals surface area contributed by atoms with Gasteiger partial charge in [-0.05, 0) is 129 Å².